The maximum atomic E-state index is 5.83. The van der Waals surface area contributed by atoms with E-state index in [1.54, 1.807) is 0 Å². The van der Waals surface area contributed by atoms with Crippen molar-refractivity contribution in [3.63, 3.8) is 0 Å². The topological polar surface area (TPSA) is 47.3 Å². The molecule has 0 amide bonds. The highest BCUT2D eigenvalue weighted by Crippen LogP contribution is 2.18. The smallest absolute Gasteiger partial charge is 0.119 e. The van der Waals surface area contributed by atoms with Crippen LogP contribution >= 0.6 is 0 Å². The first-order valence-corrected chi connectivity index (χ1v) is 7.42. The molecule has 0 radical (unpaired) electrons. The lowest BCUT2D eigenvalue weighted by Gasteiger charge is -2.20. The number of hydrogen-bond acceptors (Lipinski definition) is 3. The van der Waals surface area contributed by atoms with Gasteiger partial charge in [0, 0.05) is 18.6 Å². The molecule has 21 heavy (non-hydrogen) atoms. The number of nitrogens with two attached hydrogens (primary N) is 1. The van der Waals surface area contributed by atoms with Gasteiger partial charge < -0.3 is 15.8 Å². The molecule has 0 aliphatic heterocycles. The summed E-state index contributed by atoms with van der Waals surface area (Å²) in [6, 6.07) is 18.9. The van der Waals surface area contributed by atoms with Crippen LogP contribution in [0.2, 0.25) is 0 Å². The Balaban J connectivity index is 1.95. The summed E-state index contributed by atoms with van der Waals surface area (Å²) in [6.45, 7) is 5.42. The average molecular weight is 284 g/mol. The van der Waals surface area contributed by atoms with Crippen molar-refractivity contribution in [2.24, 2.45) is 5.73 Å². The number of rotatable bonds is 7. The molecular formula is C18H24N2O. The first-order chi connectivity index (χ1) is 10.2. The average Bonchev–Trinajstić information content (AvgIpc) is 2.52. The fraction of sp³-hybridized carbons (Fsp3) is 0.333. The van der Waals surface area contributed by atoms with Crippen LogP contribution in [-0.2, 0) is 6.61 Å². The van der Waals surface area contributed by atoms with Crippen molar-refractivity contribution in [1.29, 1.82) is 0 Å². The van der Waals surface area contributed by atoms with E-state index in [1.807, 2.05) is 30.3 Å². The van der Waals surface area contributed by atoms with E-state index < -0.39 is 0 Å². The molecule has 2 rings (SSSR count). The quantitative estimate of drug-likeness (QED) is 0.820. The number of nitrogens with one attached hydrogen (secondary N) is 1. The zero-order valence-electron chi connectivity index (χ0n) is 12.8. The molecule has 0 fully saturated rings. The van der Waals surface area contributed by atoms with Crippen molar-refractivity contribution < 1.29 is 4.74 Å². The van der Waals surface area contributed by atoms with Crippen molar-refractivity contribution in [3.05, 3.63) is 65.7 Å². The Morgan fingerprint density at radius 3 is 2.24 bits per heavy atom. The lowest BCUT2D eigenvalue weighted by atomic mass is 10.1. The van der Waals surface area contributed by atoms with E-state index in [0.29, 0.717) is 19.2 Å². The highest BCUT2D eigenvalue weighted by molar-refractivity contribution is 5.30. The lowest BCUT2D eigenvalue weighted by Crippen LogP contribution is -2.33. The van der Waals surface area contributed by atoms with Gasteiger partial charge in [0.2, 0.25) is 0 Å². The summed E-state index contributed by atoms with van der Waals surface area (Å²) in [5, 5.41) is 3.46. The largest absolute Gasteiger partial charge is 0.489 e. The van der Waals surface area contributed by atoms with Crippen LogP contribution in [0, 0.1) is 0 Å². The SMILES string of the molecule is CC(C)NC(CN)c1ccc(OCc2ccccc2)cc1. The molecule has 1 unspecified atom stereocenters. The lowest BCUT2D eigenvalue weighted by molar-refractivity contribution is 0.306. The predicted octanol–water partition coefficient (Wildman–Crippen LogP) is 3.26. The van der Waals surface area contributed by atoms with Crippen molar-refractivity contribution >= 4 is 0 Å². The molecule has 0 aliphatic carbocycles. The van der Waals surface area contributed by atoms with Crippen LogP contribution < -0.4 is 15.8 Å². The Hall–Kier alpha value is -1.84. The molecule has 112 valence electrons. The zero-order chi connectivity index (χ0) is 15.1. The van der Waals surface area contributed by atoms with Crippen LogP contribution in [0.4, 0.5) is 0 Å². The molecule has 0 saturated carbocycles. The third-order valence-electron chi connectivity index (χ3n) is 3.30. The van der Waals surface area contributed by atoms with Gasteiger partial charge in [0.05, 0.1) is 0 Å². The standard InChI is InChI=1S/C18H24N2O/c1-14(2)20-18(12-19)16-8-10-17(11-9-16)21-13-15-6-4-3-5-7-15/h3-11,14,18,20H,12-13,19H2,1-2H3. The monoisotopic (exact) mass is 284 g/mol. The van der Waals surface area contributed by atoms with E-state index in [2.05, 4.69) is 43.4 Å². The summed E-state index contributed by atoms with van der Waals surface area (Å²) >= 11 is 0. The van der Waals surface area contributed by atoms with Gasteiger partial charge in [-0.2, -0.15) is 0 Å². The van der Waals surface area contributed by atoms with Gasteiger partial charge in [0.1, 0.15) is 12.4 Å². The zero-order valence-corrected chi connectivity index (χ0v) is 12.8. The Morgan fingerprint density at radius 1 is 1.00 bits per heavy atom. The molecule has 0 spiro atoms. The minimum atomic E-state index is 0.188. The van der Waals surface area contributed by atoms with E-state index in [-0.39, 0.29) is 6.04 Å². The number of hydrogen-bond donors (Lipinski definition) is 2. The molecule has 0 bridgehead atoms. The van der Waals surface area contributed by atoms with Gasteiger partial charge in [-0.25, -0.2) is 0 Å². The molecule has 0 heterocycles. The van der Waals surface area contributed by atoms with Gasteiger partial charge in [-0.1, -0.05) is 56.3 Å². The van der Waals surface area contributed by atoms with Crippen LogP contribution in [0.5, 0.6) is 5.75 Å². The van der Waals surface area contributed by atoms with E-state index in [0.717, 1.165) is 5.75 Å². The van der Waals surface area contributed by atoms with E-state index >= 15 is 0 Å². The summed E-state index contributed by atoms with van der Waals surface area (Å²) in [5.41, 5.74) is 8.19. The molecule has 3 heteroatoms. The third-order valence-corrected chi connectivity index (χ3v) is 3.30. The van der Waals surface area contributed by atoms with Gasteiger partial charge in [0.15, 0.2) is 0 Å². The first-order valence-electron chi connectivity index (χ1n) is 7.42. The highest BCUT2D eigenvalue weighted by Gasteiger charge is 2.10. The predicted molar refractivity (Wildman–Crippen MR) is 87.3 cm³/mol. The second-order valence-corrected chi connectivity index (χ2v) is 5.45. The normalized spacial score (nSPS) is 12.4. The molecule has 2 aromatic carbocycles. The molecule has 0 saturated heterocycles. The molecule has 2 aromatic rings. The Labute approximate surface area is 127 Å². The van der Waals surface area contributed by atoms with Crippen molar-refractivity contribution in [1.82, 2.24) is 5.32 Å². The van der Waals surface area contributed by atoms with Gasteiger partial charge in [0.25, 0.3) is 0 Å². The number of ether oxygens (including phenoxy) is 1. The van der Waals surface area contributed by atoms with E-state index in [4.69, 9.17) is 10.5 Å². The van der Waals surface area contributed by atoms with Crippen LogP contribution in [0.15, 0.2) is 54.6 Å². The van der Waals surface area contributed by atoms with E-state index in [9.17, 15) is 0 Å². The van der Waals surface area contributed by atoms with E-state index in [1.165, 1.54) is 11.1 Å². The summed E-state index contributed by atoms with van der Waals surface area (Å²) in [4.78, 5) is 0. The fourth-order valence-corrected chi connectivity index (χ4v) is 2.24. The van der Waals surface area contributed by atoms with Crippen LogP contribution in [-0.4, -0.2) is 12.6 Å². The summed E-state index contributed by atoms with van der Waals surface area (Å²) in [7, 11) is 0. The summed E-state index contributed by atoms with van der Waals surface area (Å²) in [5.74, 6) is 0.878. The Morgan fingerprint density at radius 2 is 1.67 bits per heavy atom. The van der Waals surface area contributed by atoms with Gasteiger partial charge in [-0.3, -0.25) is 0 Å². The second-order valence-electron chi connectivity index (χ2n) is 5.45. The van der Waals surface area contributed by atoms with Crippen molar-refractivity contribution in [2.45, 2.75) is 32.5 Å². The van der Waals surface area contributed by atoms with Crippen molar-refractivity contribution in [2.75, 3.05) is 6.54 Å². The third kappa shape index (κ3) is 4.88. The maximum Gasteiger partial charge on any atom is 0.119 e. The Kier molecular flexibility index (Phi) is 5.78. The van der Waals surface area contributed by atoms with Gasteiger partial charge >= 0.3 is 0 Å². The minimum absolute atomic E-state index is 0.188. The molecule has 3 nitrogen and oxygen atoms in total. The second kappa shape index (κ2) is 7.81. The molecule has 3 N–H and O–H groups in total. The van der Waals surface area contributed by atoms with Crippen LogP contribution in [0.25, 0.3) is 0 Å². The minimum Gasteiger partial charge on any atom is -0.489 e. The van der Waals surface area contributed by atoms with Crippen molar-refractivity contribution in [3.8, 4) is 5.75 Å². The molecule has 0 aromatic heterocycles. The highest BCUT2D eigenvalue weighted by atomic mass is 16.5. The van der Waals surface area contributed by atoms with Crippen LogP contribution in [0.1, 0.15) is 31.0 Å². The number of benzene rings is 2. The van der Waals surface area contributed by atoms with Gasteiger partial charge in [-0.05, 0) is 23.3 Å². The van der Waals surface area contributed by atoms with Crippen LogP contribution in [0.3, 0.4) is 0 Å². The molecule has 0 aliphatic rings. The maximum absolute atomic E-state index is 5.83. The van der Waals surface area contributed by atoms with Gasteiger partial charge in [-0.15, -0.1) is 0 Å². The Bertz CT molecular complexity index is 523. The molecular weight excluding hydrogens is 260 g/mol. The molecule has 1 atom stereocenters. The fourth-order valence-electron chi connectivity index (χ4n) is 2.24. The summed E-state index contributed by atoms with van der Waals surface area (Å²) < 4.78 is 5.79. The summed E-state index contributed by atoms with van der Waals surface area (Å²) in [6.07, 6.45) is 0. The first kappa shape index (κ1) is 15.5.